The van der Waals surface area contributed by atoms with E-state index in [1.807, 2.05) is 31.2 Å². The molecule has 0 aliphatic rings. The predicted molar refractivity (Wildman–Crippen MR) is 80.1 cm³/mol. The Morgan fingerprint density at radius 2 is 2.17 bits per heavy atom. The smallest absolute Gasteiger partial charge is 0.241 e. The number of hydrogen-bond acceptors (Lipinski definition) is 3. The molecular formula is C14H22N2OS. The number of nitrogens with one attached hydrogen (secondary N) is 1. The molecule has 0 bridgehead atoms. The lowest BCUT2D eigenvalue weighted by Gasteiger charge is -2.12. The molecule has 0 unspecified atom stereocenters. The highest BCUT2D eigenvalue weighted by atomic mass is 32.1. The number of amides is 1. The lowest BCUT2D eigenvalue weighted by molar-refractivity contribution is -0.117. The molecule has 0 aliphatic carbocycles. The van der Waals surface area contributed by atoms with E-state index in [-0.39, 0.29) is 5.91 Å². The molecular weight excluding hydrogens is 244 g/mol. The highest BCUT2D eigenvalue weighted by Gasteiger charge is 2.12. The molecule has 1 aromatic carbocycles. The molecule has 0 heterocycles. The topological polar surface area (TPSA) is 55.1 Å². The Labute approximate surface area is 115 Å². The Morgan fingerprint density at radius 1 is 1.39 bits per heavy atom. The number of aryl methyl sites for hydroxylation is 1. The number of nitrogens with two attached hydrogens (primary N) is 1. The van der Waals surface area contributed by atoms with Gasteiger partial charge in [0.05, 0.1) is 6.04 Å². The van der Waals surface area contributed by atoms with Gasteiger partial charge in [0.25, 0.3) is 0 Å². The van der Waals surface area contributed by atoms with Gasteiger partial charge in [-0.15, -0.1) is 0 Å². The van der Waals surface area contributed by atoms with E-state index in [2.05, 4.69) is 17.9 Å². The fourth-order valence-corrected chi connectivity index (χ4v) is 1.97. The van der Waals surface area contributed by atoms with Gasteiger partial charge >= 0.3 is 0 Å². The van der Waals surface area contributed by atoms with Crippen LogP contribution in [0.5, 0.6) is 0 Å². The van der Waals surface area contributed by atoms with Gasteiger partial charge in [-0.1, -0.05) is 25.0 Å². The maximum absolute atomic E-state index is 11.8. The predicted octanol–water partition coefficient (Wildman–Crippen LogP) is 2.75. The number of carbonyl (C=O) groups excluding carboxylic acids is 1. The van der Waals surface area contributed by atoms with Crippen LogP contribution in [0.4, 0.5) is 5.69 Å². The van der Waals surface area contributed by atoms with Crippen LogP contribution in [0.1, 0.15) is 31.2 Å². The van der Waals surface area contributed by atoms with Crippen LogP contribution in [0.15, 0.2) is 24.3 Å². The van der Waals surface area contributed by atoms with Crippen molar-refractivity contribution in [1.82, 2.24) is 0 Å². The third-order valence-electron chi connectivity index (χ3n) is 2.80. The number of hydrogen-bond donors (Lipinski definition) is 3. The number of rotatable bonds is 7. The number of anilines is 1. The zero-order valence-electron chi connectivity index (χ0n) is 10.9. The Bertz CT molecular complexity index is 382. The van der Waals surface area contributed by atoms with Gasteiger partial charge in [0.2, 0.25) is 5.91 Å². The van der Waals surface area contributed by atoms with Crippen molar-refractivity contribution in [3.8, 4) is 0 Å². The van der Waals surface area contributed by atoms with Crippen LogP contribution >= 0.6 is 12.6 Å². The van der Waals surface area contributed by atoms with Crippen LogP contribution in [-0.2, 0) is 4.79 Å². The monoisotopic (exact) mass is 266 g/mol. The minimum absolute atomic E-state index is 0.105. The van der Waals surface area contributed by atoms with Gasteiger partial charge in [0, 0.05) is 5.69 Å². The molecule has 3 nitrogen and oxygen atoms in total. The van der Waals surface area contributed by atoms with Gasteiger partial charge in [-0.3, -0.25) is 4.79 Å². The van der Waals surface area contributed by atoms with Crippen LogP contribution in [0, 0.1) is 6.92 Å². The van der Waals surface area contributed by atoms with Crippen LogP contribution in [0.25, 0.3) is 0 Å². The molecule has 1 rings (SSSR count). The Balaban J connectivity index is 2.35. The minimum Gasteiger partial charge on any atom is -0.325 e. The first-order valence-electron chi connectivity index (χ1n) is 6.37. The third-order valence-corrected chi connectivity index (χ3v) is 3.11. The summed E-state index contributed by atoms with van der Waals surface area (Å²) < 4.78 is 0. The molecule has 1 atom stereocenters. The van der Waals surface area contributed by atoms with Crippen molar-refractivity contribution >= 4 is 24.2 Å². The second-order valence-electron chi connectivity index (χ2n) is 4.54. The van der Waals surface area contributed by atoms with Gasteiger partial charge in [0.15, 0.2) is 0 Å². The Kier molecular flexibility index (Phi) is 6.83. The van der Waals surface area contributed by atoms with E-state index >= 15 is 0 Å². The summed E-state index contributed by atoms with van der Waals surface area (Å²) in [5, 5.41) is 2.84. The average molecular weight is 266 g/mol. The minimum atomic E-state index is -0.426. The number of benzene rings is 1. The second-order valence-corrected chi connectivity index (χ2v) is 4.99. The molecule has 1 aromatic rings. The summed E-state index contributed by atoms with van der Waals surface area (Å²) in [5.41, 5.74) is 7.79. The summed E-state index contributed by atoms with van der Waals surface area (Å²) in [7, 11) is 0. The normalized spacial score (nSPS) is 12.2. The summed E-state index contributed by atoms with van der Waals surface area (Å²) >= 11 is 4.15. The van der Waals surface area contributed by atoms with E-state index in [1.54, 1.807) is 0 Å². The van der Waals surface area contributed by atoms with E-state index in [1.165, 1.54) is 0 Å². The summed E-state index contributed by atoms with van der Waals surface area (Å²) in [5.74, 6) is 0.788. The maximum atomic E-state index is 11.8. The zero-order valence-corrected chi connectivity index (χ0v) is 11.7. The van der Waals surface area contributed by atoms with Crippen molar-refractivity contribution in [2.75, 3.05) is 11.1 Å². The van der Waals surface area contributed by atoms with Crippen molar-refractivity contribution in [1.29, 1.82) is 0 Å². The van der Waals surface area contributed by atoms with Crippen LogP contribution in [0.3, 0.4) is 0 Å². The van der Waals surface area contributed by atoms with Crippen LogP contribution in [0.2, 0.25) is 0 Å². The standard InChI is InChI=1S/C14H22N2OS/c1-11-6-5-7-12(10-11)16-14(17)13(15)8-3-2-4-9-18/h5-7,10,13,18H,2-4,8-9,15H2,1H3,(H,16,17)/t13-/m0/s1. The Morgan fingerprint density at radius 3 is 2.83 bits per heavy atom. The maximum Gasteiger partial charge on any atom is 0.241 e. The molecule has 100 valence electrons. The average Bonchev–Trinajstić information content (AvgIpc) is 2.34. The fraction of sp³-hybridized carbons (Fsp3) is 0.500. The zero-order chi connectivity index (χ0) is 13.4. The lowest BCUT2D eigenvalue weighted by atomic mass is 10.1. The second kappa shape index (κ2) is 8.16. The first-order chi connectivity index (χ1) is 8.63. The summed E-state index contributed by atoms with van der Waals surface area (Å²) in [6.07, 6.45) is 3.86. The molecule has 0 spiro atoms. The lowest BCUT2D eigenvalue weighted by Crippen LogP contribution is -2.35. The first kappa shape index (κ1) is 15.1. The van der Waals surface area contributed by atoms with Gasteiger partial charge < -0.3 is 11.1 Å². The van der Waals surface area contributed by atoms with Crippen molar-refractivity contribution in [2.24, 2.45) is 5.73 Å². The SMILES string of the molecule is Cc1cccc(NC(=O)[C@@H](N)CCCCCS)c1. The van der Waals surface area contributed by atoms with Gasteiger partial charge in [-0.25, -0.2) is 0 Å². The third kappa shape index (κ3) is 5.56. The summed E-state index contributed by atoms with van der Waals surface area (Å²) in [6.45, 7) is 1.99. The van der Waals surface area contributed by atoms with Crippen molar-refractivity contribution < 1.29 is 4.79 Å². The van der Waals surface area contributed by atoms with E-state index in [4.69, 9.17) is 5.73 Å². The van der Waals surface area contributed by atoms with Crippen LogP contribution < -0.4 is 11.1 Å². The van der Waals surface area contributed by atoms with Crippen molar-refractivity contribution in [3.05, 3.63) is 29.8 Å². The fourth-order valence-electron chi connectivity index (χ4n) is 1.74. The Hall–Kier alpha value is -1.00. The highest BCUT2D eigenvalue weighted by molar-refractivity contribution is 7.80. The van der Waals surface area contributed by atoms with Crippen molar-refractivity contribution in [2.45, 2.75) is 38.6 Å². The van der Waals surface area contributed by atoms with Crippen LogP contribution in [-0.4, -0.2) is 17.7 Å². The van der Waals surface area contributed by atoms with Crippen molar-refractivity contribution in [3.63, 3.8) is 0 Å². The molecule has 3 N–H and O–H groups in total. The number of unbranched alkanes of at least 4 members (excludes halogenated alkanes) is 2. The quantitative estimate of drug-likeness (QED) is 0.525. The highest BCUT2D eigenvalue weighted by Crippen LogP contribution is 2.11. The van der Waals surface area contributed by atoms with E-state index in [0.717, 1.165) is 42.7 Å². The molecule has 0 radical (unpaired) electrons. The van der Waals surface area contributed by atoms with E-state index < -0.39 is 6.04 Å². The largest absolute Gasteiger partial charge is 0.325 e. The van der Waals surface area contributed by atoms with Gasteiger partial charge in [-0.05, 0) is 43.2 Å². The van der Waals surface area contributed by atoms with Gasteiger partial charge in [0.1, 0.15) is 0 Å². The number of carbonyl (C=O) groups is 1. The van der Waals surface area contributed by atoms with E-state index in [9.17, 15) is 4.79 Å². The molecule has 0 aliphatic heterocycles. The van der Waals surface area contributed by atoms with Gasteiger partial charge in [-0.2, -0.15) is 12.6 Å². The molecule has 0 saturated heterocycles. The molecule has 0 fully saturated rings. The molecule has 0 saturated carbocycles. The molecule has 0 aromatic heterocycles. The molecule has 1 amide bonds. The summed E-state index contributed by atoms with van der Waals surface area (Å²) in [4.78, 5) is 11.8. The number of thiol groups is 1. The van der Waals surface area contributed by atoms with E-state index in [0.29, 0.717) is 0 Å². The first-order valence-corrected chi connectivity index (χ1v) is 7.00. The molecule has 18 heavy (non-hydrogen) atoms. The summed E-state index contributed by atoms with van der Waals surface area (Å²) in [6, 6.07) is 7.30. The molecule has 4 heteroatoms.